The van der Waals surface area contributed by atoms with Gasteiger partial charge in [0.25, 0.3) is 0 Å². The Morgan fingerprint density at radius 2 is 2.06 bits per heavy atom. The molecular weight excluding hydrogens is 487 g/mol. The Kier molecular flexibility index (Phi) is 6.56. The van der Waals surface area contributed by atoms with Crippen LogP contribution in [0.2, 0.25) is 0 Å². The third-order valence-electron chi connectivity index (χ3n) is 6.66. The first-order valence-corrected chi connectivity index (χ1v) is 14.2. The summed E-state index contributed by atoms with van der Waals surface area (Å²) >= 11 is 1.51. The molecule has 4 aromatic heterocycles. The summed E-state index contributed by atoms with van der Waals surface area (Å²) in [6, 6.07) is 5.62. The van der Waals surface area contributed by atoms with Gasteiger partial charge in [-0.2, -0.15) is 0 Å². The summed E-state index contributed by atoms with van der Waals surface area (Å²) in [4.78, 5) is 15.7. The number of pyridine rings is 2. The average molecular weight is 515 g/mol. The molecule has 1 saturated heterocycles. The van der Waals surface area contributed by atoms with Crippen LogP contribution in [0.25, 0.3) is 28.1 Å². The highest BCUT2D eigenvalue weighted by atomic mass is 32.2. The molecule has 0 aliphatic carbocycles. The molecule has 35 heavy (non-hydrogen) atoms. The van der Waals surface area contributed by atoms with Gasteiger partial charge >= 0.3 is 0 Å². The van der Waals surface area contributed by atoms with Crippen molar-refractivity contribution in [3.05, 3.63) is 52.9 Å². The van der Waals surface area contributed by atoms with Gasteiger partial charge in [-0.05, 0) is 50.1 Å². The van der Waals surface area contributed by atoms with Crippen LogP contribution in [0.5, 0.6) is 0 Å². The monoisotopic (exact) mass is 514 g/mol. The second kappa shape index (κ2) is 9.63. The van der Waals surface area contributed by atoms with E-state index in [4.69, 9.17) is 4.98 Å². The standard InChI is InChI=1S/C24H27FN6O2S2/c1-26-23-20(25)11-17(12-27-23)21-4-3-19-16(13-31(24(19)29-21)22-14-34-15-28-22)5-8-30(2)18-6-9-35(32,33)10-7-18/h3-4,11-15,18H,5-10H2,1-2H3,(H,26,27). The summed E-state index contributed by atoms with van der Waals surface area (Å²) in [6.45, 7) is 0.809. The van der Waals surface area contributed by atoms with Gasteiger partial charge in [-0.3, -0.25) is 4.57 Å². The van der Waals surface area contributed by atoms with Gasteiger partial charge in [0.1, 0.15) is 21.3 Å². The SMILES string of the molecule is CNc1ncc(-c2ccc3c(CCN(C)C4CCS(=O)(=O)CC4)cn(-c4cscn4)c3n2)cc1F. The normalized spacial score (nSPS) is 16.2. The van der Waals surface area contributed by atoms with Gasteiger partial charge in [-0.1, -0.05) is 0 Å². The second-order valence-electron chi connectivity index (χ2n) is 8.86. The van der Waals surface area contributed by atoms with E-state index in [9.17, 15) is 12.8 Å². The van der Waals surface area contributed by atoms with Crippen molar-refractivity contribution in [2.45, 2.75) is 25.3 Å². The summed E-state index contributed by atoms with van der Waals surface area (Å²) in [6.07, 6.45) is 5.84. The molecule has 8 nitrogen and oxygen atoms in total. The minimum atomic E-state index is -2.88. The molecule has 0 amide bonds. The van der Waals surface area contributed by atoms with Crippen LogP contribution in [0.1, 0.15) is 18.4 Å². The lowest BCUT2D eigenvalue weighted by Crippen LogP contribution is -2.39. The van der Waals surface area contributed by atoms with E-state index in [1.54, 1.807) is 18.8 Å². The molecule has 5 heterocycles. The van der Waals surface area contributed by atoms with Crippen LogP contribution in [0, 0.1) is 5.82 Å². The third-order valence-corrected chi connectivity index (χ3v) is 8.94. The van der Waals surface area contributed by atoms with E-state index in [1.807, 2.05) is 22.1 Å². The van der Waals surface area contributed by atoms with Crippen LogP contribution < -0.4 is 5.32 Å². The number of halogens is 1. The van der Waals surface area contributed by atoms with Crippen LogP contribution in [0.15, 0.2) is 41.5 Å². The fraction of sp³-hybridized carbons (Fsp3) is 0.375. The van der Waals surface area contributed by atoms with Crippen molar-refractivity contribution in [1.29, 1.82) is 0 Å². The van der Waals surface area contributed by atoms with Crippen molar-refractivity contribution in [2.24, 2.45) is 0 Å². The summed E-state index contributed by atoms with van der Waals surface area (Å²) < 4.78 is 39.9. The Bertz CT molecular complexity index is 1440. The number of nitrogens with one attached hydrogen (secondary N) is 1. The van der Waals surface area contributed by atoms with E-state index in [2.05, 4.69) is 33.4 Å². The van der Waals surface area contributed by atoms with E-state index in [-0.39, 0.29) is 23.4 Å². The highest BCUT2D eigenvalue weighted by Gasteiger charge is 2.26. The number of anilines is 1. The van der Waals surface area contributed by atoms with E-state index < -0.39 is 15.7 Å². The topological polar surface area (TPSA) is 93.0 Å². The smallest absolute Gasteiger partial charge is 0.166 e. The maximum Gasteiger partial charge on any atom is 0.166 e. The quantitative estimate of drug-likeness (QED) is 0.401. The number of hydrogen-bond donors (Lipinski definition) is 1. The predicted molar refractivity (Wildman–Crippen MR) is 137 cm³/mol. The number of thiazole rings is 1. The molecule has 1 fully saturated rings. The molecule has 0 spiro atoms. The molecule has 1 aliphatic heterocycles. The Hall–Kier alpha value is -2.89. The molecule has 1 N–H and O–H groups in total. The van der Waals surface area contributed by atoms with Crippen LogP contribution in [-0.2, 0) is 16.3 Å². The number of hydrogen-bond acceptors (Lipinski definition) is 8. The van der Waals surface area contributed by atoms with Gasteiger partial charge < -0.3 is 10.2 Å². The number of fused-ring (bicyclic) bond motifs is 1. The zero-order chi connectivity index (χ0) is 24.6. The first-order chi connectivity index (χ1) is 16.8. The Labute approximate surface area is 207 Å². The van der Waals surface area contributed by atoms with Gasteiger partial charge in [0, 0.05) is 48.4 Å². The highest BCUT2D eigenvalue weighted by molar-refractivity contribution is 7.91. The van der Waals surface area contributed by atoms with Gasteiger partial charge in [0.05, 0.1) is 22.7 Å². The molecule has 0 bridgehead atoms. The minimum absolute atomic E-state index is 0.197. The number of likely N-dealkylation sites (N-methyl/N-ethyl adjacent to an activating group) is 1. The van der Waals surface area contributed by atoms with E-state index in [0.29, 0.717) is 24.1 Å². The van der Waals surface area contributed by atoms with E-state index >= 15 is 0 Å². The van der Waals surface area contributed by atoms with E-state index in [1.165, 1.54) is 17.4 Å². The van der Waals surface area contributed by atoms with Crippen molar-refractivity contribution in [3.63, 3.8) is 0 Å². The number of nitrogens with zero attached hydrogens (tertiary/aromatic N) is 5. The maximum atomic E-state index is 14.3. The van der Waals surface area contributed by atoms with Crippen molar-refractivity contribution >= 4 is 38.0 Å². The van der Waals surface area contributed by atoms with Crippen LogP contribution in [-0.4, -0.2) is 71.0 Å². The first-order valence-electron chi connectivity index (χ1n) is 11.5. The zero-order valence-electron chi connectivity index (χ0n) is 19.6. The summed E-state index contributed by atoms with van der Waals surface area (Å²) in [5.41, 5.74) is 4.91. The fourth-order valence-electron chi connectivity index (χ4n) is 4.59. The molecule has 5 rings (SSSR count). The van der Waals surface area contributed by atoms with Crippen LogP contribution in [0.3, 0.4) is 0 Å². The van der Waals surface area contributed by atoms with Crippen molar-refractivity contribution < 1.29 is 12.8 Å². The molecule has 0 radical (unpaired) electrons. The number of rotatable bonds is 7. The van der Waals surface area contributed by atoms with Gasteiger partial charge in [-0.15, -0.1) is 11.3 Å². The van der Waals surface area contributed by atoms with Gasteiger partial charge in [0.15, 0.2) is 11.6 Å². The summed E-state index contributed by atoms with van der Waals surface area (Å²) in [7, 11) is 0.818. The highest BCUT2D eigenvalue weighted by Crippen LogP contribution is 2.29. The first kappa shape index (κ1) is 23.8. The summed E-state index contributed by atoms with van der Waals surface area (Å²) in [5, 5.41) is 5.72. The Morgan fingerprint density at radius 3 is 2.74 bits per heavy atom. The van der Waals surface area contributed by atoms with Gasteiger partial charge in [0.2, 0.25) is 0 Å². The lowest BCUT2D eigenvalue weighted by molar-refractivity contribution is 0.229. The largest absolute Gasteiger partial charge is 0.371 e. The Morgan fingerprint density at radius 1 is 1.26 bits per heavy atom. The fourth-order valence-corrected chi connectivity index (χ4v) is 6.58. The number of sulfone groups is 1. The number of aromatic nitrogens is 4. The molecule has 1 aliphatic rings. The molecular formula is C24H27FN6O2S2. The molecule has 184 valence electrons. The molecule has 0 aromatic carbocycles. The Balaban J connectivity index is 1.44. The van der Waals surface area contributed by atoms with E-state index in [0.717, 1.165) is 35.4 Å². The van der Waals surface area contributed by atoms with Crippen LogP contribution in [0.4, 0.5) is 10.2 Å². The lowest BCUT2D eigenvalue weighted by atomic mass is 10.1. The predicted octanol–water partition coefficient (Wildman–Crippen LogP) is 3.78. The average Bonchev–Trinajstić information content (AvgIpc) is 3.50. The minimum Gasteiger partial charge on any atom is -0.371 e. The van der Waals surface area contributed by atoms with Crippen molar-refractivity contribution in [1.82, 2.24) is 24.4 Å². The van der Waals surface area contributed by atoms with Crippen molar-refractivity contribution in [2.75, 3.05) is 37.5 Å². The lowest BCUT2D eigenvalue weighted by Gasteiger charge is -2.31. The maximum absolute atomic E-state index is 14.3. The molecule has 0 saturated carbocycles. The summed E-state index contributed by atoms with van der Waals surface area (Å²) in [5.74, 6) is 1.09. The molecule has 0 atom stereocenters. The molecule has 4 aromatic rings. The van der Waals surface area contributed by atoms with Gasteiger partial charge in [-0.25, -0.2) is 27.8 Å². The second-order valence-corrected chi connectivity index (χ2v) is 11.9. The zero-order valence-corrected chi connectivity index (χ0v) is 21.2. The van der Waals surface area contributed by atoms with Crippen molar-refractivity contribution in [3.8, 4) is 17.1 Å². The molecule has 0 unspecified atom stereocenters. The third kappa shape index (κ3) is 4.93. The van der Waals surface area contributed by atoms with Crippen LogP contribution >= 0.6 is 11.3 Å². The molecule has 11 heteroatoms.